The van der Waals surface area contributed by atoms with Crippen molar-refractivity contribution in [1.29, 1.82) is 0 Å². The minimum absolute atomic E-state index is 0.0298. The number of likely N-dealkylation sites (tertiary alicyclic amines) is 1. The number of methoxy groups -OCH3 is 3. The first-order chi connectivity index (χ1) is 26.7. The lowest BCUT2D eigenvalue weighted by Crippen LogP contribution is -2.76. The molecule has 5 aliphatic carbocycles. The molecule has 6 aliphatic rings. The standard InChI is InChI=1S/C46H49NO8/c1-5-47-25-43(26-51-2)19-18-34(52-3)46-33-24-44(50)20-21-45(36(39(46)47)37(53-4)38(43)46,35(33)40(44)54-41(48)27-12-7-6-8-13-27)55-42(49)31-17-11-16-30-22-28-14-9-10-15-29(28)23-32(30)31/h6-17,20-23,33-40,50H,5,18-19,24-26H2,1-4H3/t33-,34+,35-,36+,37+,38-,39?,40-,43+,44-,45-,46+/m1/s1. The maximum absolute atomic E-state index is 15.2. The Bertz CT molecular complexity index is 2230. The molecule has 9 nitrogen and oxygen atoms in total. The van der Waals surface area contributed by atoms with E-state index in [1.54, 1.807) is 51.7 Å². The fourth-order valence-corrected chi connectivity index (χ4v) is 13.6. The molecule has 7 bridgehead atoms. The molecule has 0 aromatic heterocycles. The van der Waals surface area contributed by atoms with Gasteiger partial charge in [-0.1, -0.05) is 61.5 Å². The van der Waals surface area contributed by atoms with E-state index in [0.29, 0.717) is 24.2 Å². The molecule has 1 unspecified atom stereocenters. The zero-order valence-corrected chi connectivity index (χ0v) is 31.9. The summed E-state index contributed by atoms with van der Waals surface area (Å²) in [6.45, 7) is 4.33. The van der Waals surface area contributed by atoms with Gasteiger partial charge in [-0.05, 0) is 95.8 Å². The topological polar surface area (TPSA) is 104 Å². The van der Waals surface area contributed by atoms with E-state index in [1.807, 2.05) is 42.5 Å². The summed E-state index contributed by atoms with van der Waals surface area (Å²) in [7, 11) is 5.36. The highest BCUT2D eigenvalue weighted by Crippen LogP contribution is 2.79. The number of nitrogens with zero attached hydrogens (tertiary/aromatic N) is 1. The summed E-state index contributed by atoms with van der Waals surface area (Å²) in [5, 5.41) is 16.6. The fourth-order valence-electron chi connectivity index (χ4n) is 13.6. The molecule has 0 amide bonds. The van der Waals surface area contributed by atoms with Crippen molar-refractivity contribution in [3.05, 3.63) is 108 Å². The number of benzene rings is 4. The summed E-state index contributed by atoms with van der Waals surface area (Å²) in [5.74, 6) is -2.20. The number of carbonyl (C=O) groups is 2. The summed E-state index contributed by atoms with van der Waals surface area (Å²) in [4.78, 5) is 31.7. The van der Waals surface area contributed by atoms with E-state index < -0.39 is 40.6 Å². The fraction of sp³-hybridized carbons (Fsp3) is 0.478. The molecule has 12 atom stereocenters. The van der Waals surface area contributed by atoms with E-state index >= 15 is 4.79 Å². The Hall–Kier alpha value is -4.12. The first-order valence-corrected chi connectivity index (χ1v) is 19.8. The third-order valence-corrected chi connectivity index (χ3v) is 15.1. The first kappa shape index (κ1) is 35.3. The smallest absolute Gasteiger partial charge is 0.339 e. The van der Waals surface area contributed by atoms with E-state index in [-0.39, 0.29) is 41.4 Å². The highest BCUT2D eigenvalue weighted by molar-refractivity contribution is 6.09. The Morgan fingerprint density at radius 1 is 0.855 bits per heavy atom. The van der Waals surface area contributed by atoms with Crippen molar-refractivity contribution < 1.29 is 38.4 Å². The quantitative estimate of drug-likeness (QED) is 0.118. The van der Waals surface area contributed by atoms with Crippen LogP contribution in [0.25, 0.3) is 21.5 Å². The number of carbonyl (C=O) groups excluding carboxylic acids is 2. The molecule has 4 aromatic rings. The van der Waals surface area contributed by atoms with Gasteiger partial charge in [0.15, 0.2) is 0 Å². The van der Waals surface area contributed by atoms with Crippen molar-refractivity contribution in [1.82, 2.24) is 4.90 Å². The molecule has 5 fully saturated rings. The SMILES string of the molecule is CCN1C[C@]2(COC)CC[C@H](OC)[C@]34C1[C@H]([C@H](OC)[C@H]23)[C@@]1(OC(=O)c2cccc3cc5ccccc5cc23)C=C[C@@]2(O)C[C@@H]4[C@@H]1[C@H]2OC(=O)c1ccccc1. The number of rotatable bonds is 9. The Morgan fingerprint density at radius 3 is 2.33 bits per heavy atom. The van der Waals surface area contributed by atoms with Crippen LogP contribution in [0.3, 0.4) is 0 Å². The second-order valence-electron chi connectivity index (χ2n) is 17.1. The number of hydrogen-bond acceptors (Lipinski definition) is 9. The van der Waals surface area contributed by atoms with Crippen molar-refractivity contribution in [2.45, 2.75) is 61.7 Å². The number of hydrogen-bond donors (Lipinski definition) is 1. The molecule has 0 radical (unpaired) electrons. The number of ether oxygens (including phenoxy) is 5. The van der Waals surface area contributed by atoms with Gasteiger partial charge in [-0.25, -0.2) is 9.59 Å². The highest BCUT2D eigenvalue weighted by atomic mass is 16.6. The van der Waals surface area contributed by atoms with Crippen LogP contribution in [0.15, 0.2) is 97.1 Å². The third kappa shape index (κ3) is 4.53. The number of esters is 2. The normalized spacial score (nSPS) is 39.4. The molecule has 9 heteroatoms. The molecule has 1 N–H and O–H groups in total. The summed E-state index contributed by atoms with van der Waals surface area (Å²) < 4.78 is 33.2. The van der Waals surface area contributed by atoms with E-state index in [1.165, 1.54) is 0 Å². The van der Waals surface area contributed by atoms with Gasteiger partial charge in [0.05, 0.1) is 29.9 Å². The Morgan fingerprint density at radius 2 is 1.60 bits per heavy atom. The second-order valence-corrected chi connectivity index (χ2v) is 17.1. The Labute approximate surface area is 321 Å². The van der Waals surface area contributed by atoms with Gasteiger partial charge in [0.2, 0.25) is 0 Å². The summed E-state index contributed by atoms with van der Waals surface area (Å²) in [6.07, 6.45) is 4.28. The first-order valence-electron chi connectivity index (χ1n) is 19.8. The summed E-state index contributed by atoms with van der Waals surface area (Å²) in [6, 6.07) is 26.9. The van der Waals surface area contributed by atoms with Crippen LogP contribution in [0.2, 0.25) is 0 Å². The minimum Gasteiger partial charge on any atom is -0.455 e. The second kappa shape index (κ2) is 12.4. The monoisotopic (exact) mass is 743 g/mol. The largest absolute Gasteiger partial charge is 0.455 e. The van der Waals surface area contributed by atoms with Crippen LogP contribution >= 0.6 is 0 Å². The van der Waals surface area contributed by atoms with Gasteiger partial charge < -0.3 is 28.8 Å². The van der Waals surface area contributed by atoms with Crippen molar-refractivity contribution >= 4 is 33.5 Å². The van der Waals surface area contributed by atoms with Gasteiger partial charge in [-0.15, -0.1) is 0 Å². The molecular weight excluding hydrogens is 695 g/mol. The van der Waals surface area contributed by atoms with Crippen LogP contribution in [0.4, 0.5) is 0 Å². The summed E-state index contributed by atoms with van der Waals surface area (Å²) >= 11 is 0. The van der Waals surface area contributed by atoms with Crippen molar-refractivity contribution in [3.63, 3.8) is 0 Å². The predicted octanol–water partition coefficient (Wildman–Crippen LogP) is 6.46. The lowest BCUT2D eigenvalue weighted by atomic mass is 9.43. The van der Waals surface area contributed by atoms with Crippen LogP contribution in [0.1, 0.15) is 46.9 Å². The molecule has 1 heterocycles. The van der Waals surface area contributed by atoms with E-state index in [9.17, 15) is 9.90 Å². The van der Waals surface area contributed by atoms with Gasteiger partial charge >= 0.3 is 11.9 Å². The number of piperidine rings is 1. The maximum Gasteiger partial charge on any atom is 0.339 e. The van der Waals surface area contributed by atoms with E-state index in [4.69, 9.17) is 23.7 Å². The molecule has 1 aliphatic heterocycles. The number of aliphatic hydroxyl groups is 1. The molecule has 1 spiro atoms. The Kier molecular flexibility index (Phi) is 7.98. The van der Waals surface area contributed by atoms with Crippen LogP contribution in [-0.2, 0) is 23.7 Å². The molecule has 1 saturated heterocycles. The molecule has 55 heavy (non-hydrogen) atoms. The number of fused-ring (bicyclic) bond motifs is 4. The van der Waals surface area contributed by atoms with Crippen molar-refractivity contribution in [2.24, 2.45) is 34.5 Å². The Balaban J connectivity index is 1.19. The molecule has 4 saturated carbocycles. The van der Waals surface area contributed by atoms with Crippen molar-refractivity contribution in [2.75, 3.05) is 41.0 Å². The zero-order valence-electron chi connectivity index (χ0n) is 31.9. The average Bonchev–Trinajstić information content (AvgIpc) is 3.56. The van der Waals surface area contributed by atoms with Crippen LogP contribution in [0.5, 0.6) is 0 Å². The van der Waals surface area contributed by atoms with Crippen LogP contribution in [-0.4, -0.2) is 98.5 Å². The minimum atomic E-state index is -1.49. The molecule has 4 aromatic carbocycles. The lowest BCUT2D eigenvalue weighted by Gasteiger charge is -2.69. The van der Waals surface area contributed by atoms with Gasteiger partial charge in [0.1, 0.15) is 17.3 Å². The lowest BCUT2D eigenvalue weighted by molar-refractivity contribution is -0.263. The van der Waals surface area contributed by atoms with Crippen molar-refractivity contribution in [3.8, 4) is 0 Å². The average molecular weight is 744 g/mol. The van der Waals surface area contributed by atoms with Gasteiger partial charge in [0.25, 0.3) is 0 Å². The third-order valence-electron chi connectivity index (χ3n) is 15.1. The van der Waals surface area contributed by atoms with Crippen LogP contribution in [0, 0.1) is 34.5 Å². The maximum atomic E-state index is 15.2. The van der Waals surface area contributed by atoms with Gasteiger partial charge in [-0.3, -0.25) is 4.90 Å². The van der Waals surface area contributed by atoms with E-state index in [2.05, 4.69) is 36.1 Å². The van der Waals surface area contributed by atoms with E-state index in [0.717, 1.165) is 47.5 Å². The molecule has 286 valence electrons. The highest BCUT2D eigenvalue weighted by Gasteiger charge is 2.88. The zero-order chi connectivity index (χ0) is 37.9. The molecular formula is C46H49NO8. The van der Waals surface area contributed by atoms with Gasteiger partial charge in [0, 0.05) is 62.5 Å². The summed E-state index contributed by atoms with van der Waals surface area (Å²) in [5.41, 5.74) is -2.71. The van der Waals surface area contributed by atoms with Gasteiger partial charge in [-0.2, -0.15) is 0 Å². The predicted molar refractivity (Wildman–Crippen MR) is 207 cm³/mol. The van der Waals surface area contributed by atoms with Crippen LogP contribution < -0.4 is 0 Å². The molecule has 10 rings (SSSR count).